The molecule has 0 radical (unpaired) electrons. The zero-order valence-electron chi connectivity index (χ0n) is 15.3. The smallest absolute Gasteiger partial charge is 0.407 e. The van der Waals surface area contributed by atoms with Crippen molar-refractivity contribution in [1.29, 1.82) is 0 Å². The van der Waals surface area contributed by atoms with Crippen molar-refractivity contribution in [2.45, 2.75) is 71.1 Å². The van der Waals surface area contributed by atoms with E-state index in [1.165, 1.54) is 0 Å². The number of nitro groups is 1. The van der Waals surface area contributed by atoms with Gasteiger partial charge < -0.3 is 15.4 Å². The number of nitrogens with one attached hydrogen (secondary N) is 2. The number of hydrogen-bond acceptors (Lipinski definition) is 5. The van der Waals surface area contributed by atoms with E-state index < -0.39 is 11.7 Å². The van der Waals surface area contributed by atoms with Crippen LogP contribution >= 0.6 is 0 Å². The second-order valence-corrected chi connectivity index (χ2v) is 7.62. The van der Waals surface area contributed by atoms with Gasteiger partial charge in [0.2, 0.25) is 0 Å². The van der Waals surface area contributed by atoms with Crippen molar-refractivity contribution in [2.24, 2.45) is 0 Å². The van der Waals surface area contributed by atoms with E-state index in [1.54, 1.807) is 12.1 Å². The minimum atomic E-state index is -0.507. The van der Waals surface area contributed by atoms with Crippen molar-refractivity contribution >= 4 is 17.5 Å². The number of rotatable bonds is 4. The van der Waals surface area contributed by atoms with Crippen LogP contribution in [0.1, 0.15) is 52.0 Å². The number of benzene rings is 1. The van der Waals surface area contributed by atoms with Crippen molar-refractivity contribution < 1.29 is 14.5 Å². The van der Waals surface area contributed by atoms with Crippen molar-refractivity contribution in [3.8, 4) is 0 Å². The molecule has 0 heterocycles. The van der Waals surface area contributed by atoms with Crippen LogP contribution in [0.5, 0.6) is 0 Å². The molecular weight excluding hydrogens is 322 g/mol. The zero-order valence-corrected chi connectivity index (χ0v) is 15.3. The van der Waals surface area contributed by atoms with E-state index in [0.29, 0.717) is 5.69 Å². The molecule has 138 valence electrons. The predicted octanol–water partition coefficient (Wildman–Crippen LogP) is 4.15. The molecule has 1 aromatic carbocycles. The fraction of sp³-hybridized carbons (Fsp3) is 0.611. The fourth-order valence-corrected chi connectivity index (χ4v) is 2.99. The number of hydrogen-bond donors (Lipinski definition) is 2. The summed E-state index contributed by atoms with van der Waals surface area (Å²) in [6, 6.07) is 5.46. The molecule has 2 N–H and O–H groups in total. The molecule has 7 nitrogen and oxygen atoms in total. The van der Waals surface area contributed by atoms with Crippen molar-refractivity contribution in [3.63, 3.8) is 0 Å². The summed E-state index contributed by atoms with van der Waals surface area (Å²) in [6.07, 6.45) is 2.92. The molecule has 0 saturated heterocycles. The molecule has 2 rings (SSSR count). The van der Waals surface area contributed by atoms with Crippen molar-refractivity contribution in [2.75, 3.05) is 5.32 Å². The third kappa shape index (κ3) is 5.92. The maximum atomic E-state index is 11.8. The highest BCUT2D eigenvalue weighted by atomic mass is 16.6. The maximum Gasteiger partial charge on any atom is 0.407 e. The number of amides is 1. The Hall–Kier alpha value is -2.31. The summed E-state index contributed by atoms with van der Waals surface area (Å²) < 4.78 is 5.28. The van der Waals surface area contributed by atoms with Gasteiger partial charge in [-0.25, -0.2) is 4.79 Å². The molecule has 0 bridgehead atoms. The molecule has 0 aliphatic heterocycles. The molecule has 0 atom stereocenters. The Bertz CT molecular complexity index is 632. The summed E-state index contributed by atoms with van der Waals surface area (Å²) in [5.41, 5.74) is 1.02. The lowest BCUT2D eigenvalue weighted by atomic mass is 9.91. The Morgan fingerprint density at radius 3 is 2.36 bits per heavy atom. The topological polar surface area (TPSA) is 93.5 Å². The Labute approximate surface area is 148 Å². The predicted molar refractivity (Wildman–Crippen MR) is 96.9 cm³/mol. The van der Waals surface area contributed by atoms with Gasteiger partial charge in [-0.3, -0.25) is 10.1 Å². The average Bonchev–Trinajstić information content (AvgIpc) is 2.49. The minimum Gasteiger partial charge on any atom is -0.444 e. The van der Waals surface area contributed by atoms with Crippen LogP contribution < -0.4 is 10.6 Å². The van der Waals surface area contributed by atoms with E-state index in [1.807, 2.05) is 33.8 Å². The molecule has 0 aromatic heterocycles. The van der Waals surface area contributed by atoms with Gasteiger partial charge in [0.25, 0.3) is 5.69 Å². The van der Waals surface area contributed by atoms with Gasteiger partial charge in [-0.05, 0) is 65.0 Å². The third-order valence-electron chi connectivity index (χ3n) is 4.16. The number of anilines is 1. The highest BCUT2D eigenvalue weighted by Gasteiger charge is 2.26. The van der Waals surface area contributed by atoms with E-state index in [9.17, 15) is 14.9 Å². The van der Waals surface area contributed by atoms with Crippen LogP contribution in [-0.2, 0) is 4.74 Å². The molecule has 1 aliphatic carbocycles. The van der Waals surface area contributed by atoms with Gasteiger partial charge in [0.1, 0.15) is 11.3 Å². The van der Waals surface area contributed by atoms with Crippen LogP contribution in [0.15, 0.2) is 18.2 Å². The first-order chi connectivity index (χ1) is 11.6. The Morgan fingerprint density at radius 2 is 1.80 bits per heavy atom. The maximum absolute atomic E-state index is 11.8. The van der Waals surface area contributed by atoms with E-state index in [-0.39, 0.29) is 22.7 Å². The van der Waals surface area contributed by atoms with Crippen LogP contribution in [0.3, 0.4) is 0 Å². The lowest BCUT2D eigenvalue weighted by Crippen LogP contribution is -2.42. The number of carbonyl (C=O) groups excluding carboxylic acids is 1. The highest BCUT2D eigenvalue weighted by Crippen LogP contribution is 2.29. The lowest BCUT2D eigenvalue weighted by molar-refractivity contribution is -0.384. The van der Waals surface area contributed by atoms with E-state index in [2.05, 4.69) is 10.6 Å². The monoisotopic (exact) mass is 349 g/mol. The quantitative estimate of drug-likeness (QED) is 0.629. The van der Waals surface area contributed by atoms with Gasteiger partial charge in [-0.15, -0.1) is 0 Å². The summed E-state index contributed by atoms with van der Waals surface area (Å²) in [4.78, 5) is 22.7. The van der Waals surface area contributed by atoms with E-state index in [0.717, 1.165) is 31.2 Å². The van der Waals surface area contributed by atoms with Gasteiger partial charge in [-0.2, -0.15) is 0 Å². The highest BCUT2D eigenvalue weighted by molar-refractivity contribution is 5.68. The van der Waals surface area contributed by atoms with Gasteiger partial charge in [0, 0.05) is 18.2 Å². The van der Waals surface area contributed by atoms with Gasteiger partial charge in [-0.1, -0.05) is 6.07 Å². The third-order valence-corrected chi connectivity index (χ3v) is 4.16. The molecular formula is C18H27N3O4. The summed E-state index contributed by atoms with van der Waals surface area (Å²) in [7, 11) is 0. The lowest BCUT2D eigenvalue weighted by Gasteiger charge is -2.31. The van der Waals surface area contributed by atoms with Crippen LogP contribution in [0.4, 0.5) is 16.2 Å². The molecule has 0 spiro atoms. The molecule has 25 heavy (non-hydrogen) atoms. The summed E-state index contributed by atoms with van der Waals surface area (Å²) in [5.74, 6) is 0. The Kier molecular flexibility index (Phi) is 5.87. The van der Waals surface area contributed by atoms with E-state index in [4.69, 9.17) is 4.74 Å². The summed E-state index contributed by atoms with van der Waals surface area (Å²) in [5, 5.41) is 17.4. The standard InChI is InChI=1S/C18H27N3O4/c1-12-5-10-15(16(11-12)21(23)24)19-13-6-8-14(9-7-13)20-17(22)25-18(2,3)4/h5,10-11,13-14,19H,6-9H2,1-4H3,(H,20,22)/t13-,14+. The number of alkyl carbamates (subject to hydrolysis) is 1. The first-order valence-electron chi connectivity index (χ1n) is 8.65. The van der Waals surface area contributed by atoms with Crippen LogP contribution in [0, 0.1) is 17.0 Å². The SMILES string of the molecule is Cc1ccc(N[C@H]2CC[C@@H](NC(=O)OC(C)(C)C)CC2)c([N+](=O)[O-])c1. The number of nitrogens with zero attached hydrogens (tertiary/aromatic N) is 1. The summed E-state index contributed by atoms with van der Waals surface area (Å²) >= 11 is 0. The molecule has 1 amide bonds. The van der Waals surface area contributed by atoms with Crippen molar-refractivity contribution in [1.82, 2.24) is 5.32 Å². The van der Waals surface area contributed by atoms with Crippen LogP contribution in [0.2, 0.25) is 0 Å². The second-order valence-electron chi connectivity index (χ2n) is 7.62. The normalized spacial score (nSPS) is 20.6. The summed E-state index contributed by atoms with van der Waals surface area (Å²) in [6.45, 7) is 7.34. The van der Waals surface area contributed by atoms with Gasteiger partial charge >= 0.3 is 6.09 Å². The van der Waals surface area contributed by atoms with Gasteiger partial charge in [0.15, 0.2) is 0 Å². The first kappa shape index (κ1) is 19.0. The number of carbonyl (C=O) groups is 1. The number of ether oxygens (including phenoxy) is 1. The van der Waals surface area contributed by atoms with Crippen molar-refractivity contribution in [3.05, 3.63) is 33.9 Å². The first-order valence-corrected chi connectivity index (χ1v) is 8.65. The molecule has 1 aromatic rings. The zero-order chi connectivity index (χ0) is 18.6. The van der Waals surface area contributed by atoms with Crippen LogP contribution in [0.25, 0.3) is 0 Å². The molecule has 1 fully saturated rings. The molecule has 7 heteroatoms. The second kappa shape index (κ2) is 7.72. The minimum absolute atomic E-state index is 0.0842. The van der Waals surface area contributed by atoms with Crippen LogP contribution in [-0.4, -0.2) is 28.7 Å². The molecule has 1 aliphatic rings. The molecule has 1 saturated carbocycles. The average molecular weight is 349 g/mol. The Morgan fingerprint density at radius 1 is 1.20 bits per heavy atom. The number of nitro benzene ring substituents is 1. The van der Waals surface area contributed by atoms with Gasteiger partial charge in [0.05, 0.1) is 4.92 Å². The fourth-order valence-electron chi connectivity index (χ4n) is 2.99. The largest absolute Gasteiger partial charge is 0.444 e. The Balaban J connectivity index is 1.87. The number of aryl methyl sites for hydroxylation is 1. The molecule has 0 unspecified atom stereocenters. The van der Waals surface area contributed by atoms with E-state index >= 15 is 0 Å².